The molecule has 2 aromatic heterocycles. The van der Waals surface area contributed by atoms with Crippen molar-refractivity contribution in [3.63, 3.8) is 0 Å². The second-order valence-corrected chi connectivity index (χ2v) is 7.14. The van der Waals surface area contributed by atoms with E-state index in [0.717, 1.165) is 10.1 Å². The van der Waals surface area contributed by atoms with E-state index in [4.69, 9.17) is 0 Å². The smallest absolute Gasteiger partial charge is 0.331 e. The van der Waals surface area contributed by atoms with Crippen molar-refractivity contribution in [2.24, 2.45) is 7.05 Å². The lowest BCUT2D eigenvalue weighted by Crippen LogP contribution is -2.39. The first-order valence-electron chi connectivity index (χ1n) is 9.59. The molecule has 156 valence electrons. The lowest BCUT2D eigenvalue weighted by atomic mass is 10.1. The Hall–Kier alpha value is -4.07. The average Bonchev–Trinajstić information content (AvgIpc) is 2.79. The number of nitrogens with zero attached hydrogens (tertiary/aromatic N) is 3. The van der Waals surface area contributed by atoms with Gasteiger partial charge in [0.2, 0.25) is 0 Å². The van der Waals surface area contributed by atoms with Crippen molar-refractivity contribution in [2.75, 3.05) is 0 Å². The number of nitrogens with one attached hydrogen (secondary N) is 1. The summed E-state index contributed by atoms with van der Waals surface area (Å²) in [5, 5.41) is 3.02. The molecule has 7 nitrogen and oxygen atoms in total. The van der Waals surface area contributed by atoms with Gasteiger partial charge in [0, 0.05) is 31.5 Å². The maximum atomic E-state index is 13.5. The second kappa shape index (κ2) is 8.35. The summed E-state index contributed by atoms with van der Waals surface area (Å²) in [6, 6.07) is 14.0. The molecule has 4 aromatic rings. The first-order valence-corrected chi connectivity index (χ1v) is 9.59. The number of carbonyl (C=O) groups excluding carboxylic acids is 1. The van der Waals surface area contributed by atoms with Crippen LogP contribution in [0, 0.1) is 5.82 Å². The third-order valence-corrected chi connectivity index (χ3v) is 5.02. The summed E-state index contributed by atoms with van der Waals surface area (Å²) in [4.78, 5) is 42.4. The van der Waals surface area contributed by atoms with E-state index in [2.05, 4.69) is 10.3 Å². The highest BCUT2D eigenvalue weighted by Gasteiger charge is 2.14. The van der Waals surface area contributed by atoms with Crippen molar-refractivity contribution in [1.29, 1.82) is 0 Å². The van der Waals surface area contributed by atoms with Crippen molar-refractivity contribution >= 4 is 16.8 Å². The monoisotopic (exact) mass is 418 g/mol. The molecule has 0 saturated heterocycles. The molecule has 0 bridgehead atoms. The lowest BCUT2D eigenvalue weighted by Gasteiger charge is -2.12. The van der Waals surface area contributed by atoms with E-state index >= 15 is 0 Å². The molecule has 1 N–H and O–H groups in total. The molecule has 0 unspecified atom stereocenters. The molecule has 0 spiro atoms. The fourth-order valence-electron chi connectivity index (χ4n) is 3.40. The third kappa shape index (κ3) is 4.13. The van der Waals surface area contributed by atoms with Crippen LogP contribution in [0.3, 0.4) is 0 Å². The Labute approximate surface area is 176 Å². The Bertz CT molecular complexity index is 1390. The quantitative estimate of drug-likeness (QED) is 0.539. The van der Waals surface area contributed by atoms with E-state index in [9.17, 15) is 18.8 Å². The average molecular weight is 418 g/mol. The number of fused-ring (bicyclic) bond motifs is 1. The van der Waals surface area contributed by atoms with Crippen LogP contribution in [0.1, 0.15) is 21.5 Å². The van der Waals surface area contributed by atoms with Crippen LogP contribution in [-0.4, -0.2) is 20.0 Å². The van der Waals surface area contributed by atoms with Gasteiger partial charge in [-0.15, -0.1) is 0 Å². The normalized spacial score (nSPS) is 10.9. The van der Waals surface area contributed by atoms with Gasteiger partial charge in [-0.2, -0.15) is 0 Å². The molecular formula is C23H19FN4O3. The number of amides is 1. The van der Waals surface area contributed by atoms with Crippen molar-refractivity contribution in [1.82, 2.24) is 19.4 Å². The van der Waals surface area contributed by atoms with E-state index in [1.54, 1.807) is 43.7 Å². The SMILES string of the molecule is Cn1c(=O)n(Cc2cccc(F)c2)c(=O)c2cc(C(=O)NCc3cccnc3)ccc21. The van der Waals surface area contributed by atoms with Gasteiger partial charge >= 0.3 is 5.69 Å². The fraction of sp³-hybridized carbons (Fsp3) is 0.130. The standard InChI is InChI=1S/C23H19FN4O3/c1-27-20-8-7-17(21(29)26-13-16-5-3-9-25-12-16)11-19(20)22(30)28(23(27)31)14-15-4-2-6-18(24)10-15/h2-12H,13-14H2,1H3,(H,26,29). The molecular weight excluding hydrogens is 399 g/mol. The largest absolute Gasteiger partial charge is 0.348 e. The molecule has 0 aliphatic heterocycles. The van der Waals surface area contributed by atoms with Gasteiger partial charge in [0.15, 0.2) is 0 Å². The number of hydrogen-bond acceptors (Lipinski definition) is 4. The first kappa shape index (κ1) is 20.2. The van der Waals surface area contributed by atoms with E-state index < -0.39 is 17.1 Å². The van der Waals surface area contributed by atoms with Gasteiger partial charge in [0.05, 0.1) is 17.4 Å². The maximum absolute atomic E-state index is 13.5. The lowest BCUT2D eigenvalue weighted by molar-refractivity contribution is 0.0951. The summed E-state index contributed by atoms with van der Waals surface area (Å²) >= 11 is 0. The van der Waals surface area contributed by atoms with Crippen LogP contribution < -0.4 is 16.6 Å². The summed E-state index contributed by atoms with van der Waals surface area (Å²) in [5.41, 5.74) is 0.985. The van der Waals surface area contributed by atoms with Gasteiger partial charge in [0.1, 0.15) is 5.82 Å². The van der Waals surface area contributed by atoms with Gasteiger partial charge in [-0.3, -0.25) is 23.7 Å². The predicted molar refractivity (Wildman–Crippen MR) is 114 cm³/mol. The Morgan fingerprint density at radius 2 is 1.87 bits per heavy atom. The first-order chi connectivity index (χ1) is 14.9. The molecule has 0 aliphatic carbocycles. The second-order valence-electron chi connectivity index (χ2n) is 7.14. The van der Waals surface area contributed by atoms with Gasteiger partial charge < -0.3 is 5.32 Å². The molecule has 31 heavy (non-hydrogen) atoms. The van der Waals surface area contributed by atoms with E-state index in [1.165, 1.54) is 28.8 Å². The summed E-state index contributed by atoms with van der Waals surface area (Å²) in [6.45, 7) is 0.221. The Morgan fingerprint density at radius 1 is 1.06 bits per heavy atom. The molecule has 1 amide bonds. The summed E-state index contributed by atoms with van der Waals surface area (Å²) < 4.78 is 15.9. The Kier molecular flexibility index (Phi) is 5.44. The minimum atomic E-state index is -0.538. The van der Waals surface area contributed by atoms with E-state index in [-0.39, 0.29) is 17.8 Å². The van der Waals surface area contributed by atoms with Crippen LogP contribution in [0.4, 0.5) is 4.39 Å². The van der Waals surface area contributed by atoms with Crippen molar-refractivity contribution in [3.05, 3.63) is 110 Å². The van der Waals surface area contributed by atoms with Gasteiger partial charge in [-0.25, -0.2) is 9.18 Å². The highest BCUT2D eigenvalue weighted by atomic mass is 19.1. The zero-order chi connectivity index (χ0) is 22.0. The number of hydrogen-bond donors (Lipinski definition) is 1. The van der Waals surface area contributed by atoms with Crippen LogP contribution in [-0.2, 0) is 20.1 Å². The molecule has 2 aromatic carbocycles. The number of rotatable bonds is 5. The summed E-state index contributed by atoms with van der Waals surface area (Å²) in [6.07, 6.45) is 3.30. The van der Waals surface area contributed by atoms with Crippen molar-refractivity contribution in [3.8, 4) is 0 Å². The molecule has 4 rings (SSSR count). The minimum Gasteiger partial charge on any atom is -0.348 e. The zero-order valence-corrected chi connectivity index (χ0v) is 16.7. The van der Waals surface area contributed by atoms with Crippen LogP contribution in [0.5, 0.6) is 0 Å². The third-order valence-electron chi connectivity index (χ3n) is 5.02. The van der Waals surface area contributed by atoms with Crippen LogP contribution >= 0.6 is 0 Å². The van der Waals surface area contributed by atoms with Gasteiger partial charge in [-0.05, 0) is 47.5 Å². The number of aromatic nitrogens is 3. The van der Waals surface area contributed by atoms with E-state index in [1.807, 2.05) is 6.07 Å². The van der Waals surface area contributed by atoms with Gasteiger partial charge in [-0.1, -0.05) is 18.2 Å². The predicted octanol–water partition coefficient (Wildman–Crippen LogP) is 2.21. The van der Waals surface area contributed by atoms with Crippen LogP contribution in [0.25, 0.3) is 10.9 Å². The maximum Gasteiger partial charge on any atom is 0.331 e. The minimum absolute atomic E-state index is 0.0728. The molecule has 0 saturated carbocycles. The van der Waals surface area contributed by atoms with Crippen molar-refractivity contribution < 1.29 is 9.18 Å². The molecule has 0 fully saturated rings. The summed E-state index contributed by atoms with van der Waals surface area (Å²) in [5.74, 6) is -0.800. The number of pyridine rings is 1. The van der Waals surface area contributed by atoms with E-state index in [0.29, 0.717) is 23.2 Å². The molecule has 0 aliphatic rings. The number of benzene rings is 2. The number of aryl methyl sites for hydroxylation is 1. The number of carbonyl (C=O) groups is 1. The Morgan fingerprint density at radius 3 is 2.61 bits per heavy atom. The van der Waals surface area contributed by atoms with Gasteiger partial charge in [0.25, 0.3) is 11.5 Å². The zero-order valence-electron chi connectivity index (χ0n) is 16.7. The molecule has 0 radical (unpaired) electrons. The molecule has 2 heterocycles. The van der Waals surface area contributed by atoms with Crippen LogP contribution in [0.2, 0.25) is 0 Å². The highest BCUT2D eigenvalue weighted by molar-refractivity contribution is 5.97. The Balaban J connectivity index is 1.70. The highest BCUT2D eigenvalue weighted by Crippen LogP contribution is 2.12. The summed E-state index contributed by atoms with van der Waals surface area (Å²) in [7, 11) is 1.55. The van der Waals surface area contributed by atoms with Crippen LogP contribution in [0.15, 0.2) is 76.6 Å². The fourth-order valence-corrected chi connectivity index (χ4v) is 3.40. The van der Waals surface area contributed by atoms with Crippen molar-refractivity contribution in [2.45, 2.75) is 13.1 Å². The molecule has 0 atom stereocenters. The topological polar surface area (TPSA) is 86.0 Å². The number of halogens is 1. The molecule has 8 heteroatoms.